The van der Waals surface area contributed by atoms with Crippen LogP contribution in [-0.4, -0.2) is 37.0 Å². The minimum absolute atomic E-state index is 0.00144. The number of imidazole rings is 1. The summed E-state index contributed by atoms with van der Waals surface area (Å²) < 4.78 is 36.5. The summed E-state index contributed by atoms with van der Waals surface area (Å²) in [5.41, 5.74) is 0.105. The van der Waals surface area contributed by atoms with Gasteiger partial charge in [-0.3, -0.25) is 9.20 Å². The van der Waals surface area contributed by atoms with Crippen molar-refractivity contribution in [1.82, 2.24) is 19.7 Å². The quantitative estimate of drug-likeness (QED) is 0.399. The van der Waals surface area contributed by atoms with E-state index in [2.05, 4.69) is 15.3 Å². The second-order valence-electron chi connectivity index (χ2n) is 9.58. The molecule has 2 saturated carbocycles. The number of hydrogen-bond donors (Lipinski definition) is 2. The Morgan fingerprint density at radius 1 is 1.23 bits per heavy atom. The molecule has 180 valence electrons. The van der Waals surface area contributed by atoms with Crippen molar-refractivity contribution in [2.75, 3.05) is 0 Å². The number of pyridine rings is 1. The largest absolute Gasteiger partial charge is 0.415 e. The lowest BCUT2D eigenvalue weighted by Crippen LogP contribution is -2.53. The van der Waals surface area contributed by atoms with Crippen LogP contribution < -0.4 is 5.32 Å². The Balaban J connectivity index is 1.38. The third kappa shape index (κ3) is 3.88. The number of amides is 1. The Morgan fingerprint density at radius 3 is 2.71 bits per heavy atom. The molecule has 2 aliphatic rings. The maximum Gasteiger partial charge on any atom is 0.306 e. The Kier molecular flexibility index (Phi) is 4.98. The van der Waals surface area contributed by atoms with Gasteiger partial charge in [0.25, 0.3) is 5.91 Å². The van der Waals surface area contributed by atoms with E-state index in [1.54, 1.807) is 31.3 Å². The zero-order valence-corrected chi connectivity index (χ0v) is 19.4. The number of aliphatic hydroxyl groups is 1. The van der Waals surface area contributed by atoms with E-state index in [-0.39, 0.29) is 45.5 Å². The van der Waals surface area contributed by atoms with Crippen molar-refractivity contribution in [3.63, 3.8) is 0 Å². The number of oxazole rings is 1. The summed E-state index contributed by atoms with van der Waals surface area (Å²) in [4.78, 5) is 21.4. The number of nitrogens with one attached hydrogen (secondary N) is 1. The van der Waals surface area contributed by atoms with Crippen molar-refractivity contribution in [2.45, 2.75) is 50.2 Å². The highest BCUT2D eigenvalue weighted by molar-refractivity contribution is 6.32. The number of hydrogen-bond acceptors (Lipinski definition) is 5. The number of halogens is 3. The van der Waals surface area contributed by atoms with Gasteiger partial charge in [0, 0.05) is 34.8 Å². The van der Waals surface area contributed by atoms with Crippen molar-refractivity contribution in [1.29, 1.82) is 0 Å². The van der Waals surface area contributed by atoms with Crippen molar-refractivity contribution in [3.8, 4) is 22.5 Å². The van der Waals surface area contributed by atoms with Gasteiger partial charge in [-0.25, -0.2) is 14.4 Å². The Labute approximate surface area is 203 Å². The SMILES string of the molecule is CC1(O)CC(NC(=O)c2ccn3c(Cl)c(-c4c(F)cccc4-c4nc(C5CC5)oc4F)nc3c2)C1. The fourth-order valence-electron chi connectivity index (χ4n) is 4.64. The van der Waals surface area contributed by atoms with Crippen LogP contribution in [0.2, 0.25) is 5.15 Å². The van der Waals surface area contributed by atoms with E-state index in [9.17, 15) is 14.3 Å². The molecule has 0 saturated heterocycles. The Morgan fingerprint density at radius 2 is 2.00 bits per heavy atom. The Bertz CT molecular complexity index is 1480. The number of nitrogens with zero attached hydrogens (tertiary/aromatic N) is 3. The predicted molar refractivity (Wildman–Crippen MR) is 124 cm³/mol. The normalized spacial score (nSPS) is 21.8. The van der Waals surface area contributed by atoms with E-state index in [1.165, 1.54) is 16.5 Å². The molecule has 10 heteroatoms. The molecule has 35 heavy (non-hydrogen) atoms. The molecule has 4 aromatic rings. The number of aromatic nitrogens is 3. The molecule has 0 spiro atoms. The maximum absolute atomic E-state index is 15.1. The van der Waals surface area contributed by atoms with E-state index in [0.717, 1.165) is 12.8 Å². The first-order valence-electron chi connectivity index (χ1n) is 11.4. The van der Waals surface area contributed by atoms with Crippen LogP contribution in [0.3, 0.4) is 0 Å². The monoisotopic (exact) mass is 498 g/mol. The molecule has 0 radical (unpaired) electrons. The van der Waals surface area contributed by atoms with Crippen LogP contribution in [-0.2, 0) is 0 Å². The lowest BCUT2D eigenvalue weighted by atomic mass is 9.77. The van der Waals surface area contributed by atoms with E-state index < -0.39 is 17.4 Å². The molecule has 2 fully saturated rings. The summed E-state index contributed by atoms with van der Waals surface area (Å²) in [6, 6.07) is 6.39. The van der Waals surface area contributed by atoms with Gasteiger partial charge < -0.3 is 14.8 Å². The first-order chi connectivity index (χ1) is 16.7. The van der Waals surface area contributed by atoms with Crippen LogP contribution in [0, 0.1) is 11.8 Å². The predicted octanol–water partition coefficient (Wildman–Crippen LogP) is 5.11. The number of fused-ring (bicyclic) bond motifs is 1. The minimum atomic E-state index is -0.882. The van der Waals surface area contributed by atoms with Crippen LogP contribution in [0.25, 0.3) is 28.2 Å². The van der Waals surface area contributed by atoms with Crippen molar-refractivity contribution < 1.29 is 23.1 Å². The molecule has 6 rings (SSSR count). The second kappa shape index (κ2) is 7.86. The Hall–Kier alpha value is -3.30. The summed E-state index contributed by atoms with van der Waals surface area (Å²) >= 11 is 6.58. The van der Waals surface area contributed by atoms with Crippen LogP contribution in [0.15, 0.2) is 40.9 Å². The van der Waals surface area contributed by atoms with Gasteiger partial charge in [0.2, 0.25) is 5.89 Å². The van der Waals surface area contributed by atoms with Crippen molar-refractivity contribution >= 4 is 23.2 Å². The molecule has 7 nitrogen and oxygen atoms in total. The molecular formula is C25H21ClF2N4O3. The molecule has 2 N–H and O–H groups in total. The molecule has 1 aromatic carbocycles. The van der Waals surface area contributed by atoms with Gasteiger partial charge >= 0.3 is 6.01 Å². The van der Waals surface area contributed by atoms with Crippen molar-refractivity contribution in [3.05, 3.63) is 65.0 Å². The van der Waals surface area contributed by atoms with Gasteiger partial charge in [0.15, 0.2) is 0 Å². The first kappa shape index (κ1) is 22.2. The molecule has 2 aliphatic carbocycles. The molecule has 3 aromatic heterocycles. The van der Waals surface area contributed by atoms with E-state index >= 15 is 4.39 Å². The smallest absolute Gasteiger partial charge is 0.306 e. The highest BCUT2D eigenvalue weighted by Crippen LogP contribution is 2.43. The third-order valence-electron chi connectivity index (χ3n) is 6.57. The molecule has 1 amide bonds. The summed E-state index contributed by atoms with van der Waals surface area (Å²) in [5.74, 6) is -0.558. The van der Waals surface area contributed by atoms with E-state index in [4.69, 9.17) is 16.0 Å². The number of carbonyl (C=O) groups excluding carboxylic acids is 1. The van der Waals surface area contributed by atoms with Crippen molar-refractivity contribution in [2.24, 2.45) is 0 Å². The van der Waals surface area contributed by atoms with Gasteiger partial charge in [0.1, 0.15) is 28.0 Å². The topological polar surface area (TPSA) is 92.7 Å². The number of rotatable bonds is 5. The summed E-state index contributed by atoms with van der Waals surface area (Å²) in [6.07, 6.45) is 4.30. The van der Waals surface area contributed by atoms with Crippen LogP contribution in [0.5, 0.6) is 0 Å². The maximum atomic E-state index is 15.1. The number of carbonyl (C=O) groups is 1. The highest BCUT2D eigenvalue weighted by Gasteiger charge is 2.39. The summed E-state index contributed by atoms with van der Waals surface area (Å²) in [5, 5.41) is 12.9. The molecule has 0 unspecified atom stereocenters. The van der Waals surface area contributed by atoms with E-state index in [0.29, 0.717) is 29.9 Å². The lowest BCUT2D eigenvalue weighted by molar-refractivity contribution is -0.0366. The average molecular weight is 499 g/mol. The second-order valence-corrected chi connectivity index (χ2v) is 9.94. The molecule has 0 atom stereocenters. The van der Waals surface area contributed by atoms with Crippen LogP contribution >= 0.6 is 11.6 Å². The lowest BCUT2D eigenvalue weighted by Gasteiger charge is -2.41. The standard InChI is InChI=1S/C25H21ClF2N4O3/c1-25(34)10-14(11-25)29-23(33)13-7-8-32-17(9-13)30-20(21(32)26)18-15(3-2-4-16(18)27)19-22(28)35-24(31-19)12-5-6-12/h2-4,7-9,12,14,34H,5-6,10-11H2,1H3,(H,29,33). The highest BCUT2D eigenvalue weighted by atomic mass is 35.5. The number of benzene rings is 1. The van der Waals surface area contributed by atoms with Gasteiger partial charge in [-0.2, -0.15) is 4.39 Å². The minimum Gasteiger partial charge on any atom is -0.415 e. The van der Waals surface area contributed by atoms with Crippen LogP contribution in [0.1, 0.15) is 54.8 Å². The molecule has 0 aliphatic heterocycles. The summed E-state index contributed by atoms with van der Waals surface area (Å²) in [6.45, 7) is 1.73. The van der Waals surface area contributed by atoms with Crippen LogP contribution in [0.4, 0.5) is 8.78 Å². The fraction of sp³-hybridized carbons (Fsp3) is 0.320. The average Bonchev–Trinajstić information content (AvgIpc) is 3.50. The van der Waals surface area contributed by atoms with E-state index in [1.807, 2.05) is 0 Å². The zero-order valence-electron chi connectivity index (χ0n) is 18.7. The summed E-state index contributed by atoms with van der Waals surface area (Å²) in [7, 11) is 0. The first-order valence-corrected chi connectivity index (χ1v) is 11.7. The van der Waals surface area contributed by atoms with Gasteiger partial charge in [0.05, 0.1) is 5.60 Å². The molecular weight excluding hydrogens is 478 g/mol. The molecule has 0 bridgehead atoms. The van der Waals surface area contributed by atoms with Gasteiger partial charge in [-0.05, 0) is 50.8 Å². The molecule has 3 heterocycles. The van der Waals surface area contributed by atoms with Gasteiger partial charge in [-0.15, -0.1) is 0 Å². The third-order valence-corrected chi connectivity index (χ3v) is 6.93. The zero-order chi connectivity index (χ0) is 24.5. The van der Waals surface area contributed by atoms with Gasteiger partial charge in [-0.1, -0.05) is 23.7 Å². The fourth-order valence-corrected chi connectivity index (χ4v) is 4.92.